The van der Waals surface area contributed by atoms with E-state index in [1.807, 2.05) is 49.4 Å². The third-order valence-electron chi connectivity index (χ3n) is 4.15. The van der Waals surface area contributed by atoms with E-state index in [1.54, 1.807) is 0 Å². The van der Waals surface area contributed by atoms with E-state index in [4.69, 9.17) is 0 Å². The van der Waals surface area contributed by atoms with Gasteiger partial charge in [0.2, 0.25) is 11.8 Å². The second-order valence-electron chi connectivity index (χ2n) is 6.15. The highest BCUT2D eigenvalue weighted by atomic mass is 16.2. The zero-order valence-corrected chi connectivity index (χ0v) is 14.9. The molecular weight excluding hydrogens is 312 g/mol. The van der Waals surface area contributed by atoms with Crippen molar-refractivity contribution in [3.63, 3.8) is 0 Å². The molecule has 0 radical (unpaired) electrons. The highest BCUT2D eigenvalue weighted by Crippen LogP contribution is 2.13. The topological polar surface area (TPSA) is 58.2 Å². The second-order valence-corrected chi connectivity index (χ2v) is 6.15. The molecule has 0 heterocycles. The van der Waals surface area contributed by atoms with Gasteiger partial charge in [0.15, 0.2) is 0 Å². The lowest BCUT2D eigenvalue weighted by molar-refractivity contribution is -0.122. The van der Waals surface area contributed by atoms with Crippen LogP contribution in [0.4, 0.5) is 0 Å². The summed E-state index contributed by atoms with van der Waals surface area (Å²) >= 11 is 0. The Morgan fingerprint density at radius 2 is 1.60 bits per heavy atom. The summed E-state index contributed by atoms with van der Waals surface area (Å²) in [7, 11) is 0. The number of benzene rings is 2. The highest BCUT2D eigenvalue weighted by Gasteiger charge is 2.10. The van der Waals surface area contributed by atoms with Crippen molar-refractivity contribution < 1.29 is 9.59 Å². The van der Waals surface area contributed by atoms with Crippen LogP contribution in [-0.4, -0.2) is 18.4 Å². The summed E-state index contributed by atoms with van der Waals surface area (Å²) in [6.45, 7) is 4.43. The monoisotopic (exact) mass is 338 g/mol. The molecule has 132 valence electrons. The Morgan fingerprint density at radius 3 is 2.24 bits per heavy atom. The average molecular weight is 338 g/mol. The van der Waals surface area contributed by atoms with Crippen molar-refractivity contribution in [3.05, 3.63) is 71.3 Å². The van der Waals surface area contributed by atoms with Crippen LogP contribution in [0.25, 0.3) is 0 Å². The maximum Gasteiger partial charge on any atom is 0.224 e. The fourth-order valence-corrected chi connectivity index (χ4v) is 2.60. The molecule has 0 fully saturated rings. The standard InChI is InChI=1S/C21H26N2O2/c1-3-17-9-11-19(12-10-17)16(2)23-20(24)13-14-22-21(25)15-18-7-5-4-6-8-18/h4-12,16H,3,13-15H2,1-2H3,(H,22,25)(H,23,24). The number of hydrogen-bond acceptors (Lipinski definition) is 2. The summed E-state index contributed by atoms with van der Waals surface area (Å²) in [5.41, 5.74) is 3.33. The Hall–Kier alpha value is -2.62. The van der Waals surface area contributed by atoms with Crippen LogP contribution in [0.5, 0.6) is 0 Å². The number of aryl methyl sites for hydroxylation is 1. The number of rotatable bonds is 8. The summed E-state index contributed by atoms with van der Waals surface area (Å²) in [4.78, 5) is 23.9. The van der Waals surface area contributed by atoms with E-state index >= 15 is 0 Å². The number of hydrogen-bond donors (Lipinski definition) is 2. The molecule has 0 spiro atoms. The Morgan fingerprint density at radius 1 is 0.920 bits per heavy atom. The van der Waals surface area contributed by atoms with Gasteiger partial charge in [-0.05, 0) is 30.0 Å². The van der Waals surface area contributed by atoms with Crippen molar-refractivity contribution in [2.75, 3.05) is 6.54 Å². The second kappa shape index (κ2) is 9.62. The minimum atomic E-state index is -0.0674. The van der Waals surface area contributed by atoms with E-state index in [0.717, 1.165) is 17.5 Å². The molecule has 2 N–H and O–H groups in total. The Labute approximate surface area is 149 Å². The minimum absolute atomic E-state index is 0.0431. The third-order valence-corrected chi connectivity index (χ3v) is 4.15. The zero-order valence-electron chi connectivity index (χ0n) is 14.9. The maximum atomic E-state index is 12.0. The summed E-state index contributed by atoms with van der Waals surface area (Å²) in [6, 6.07) is 17.8. The van der Waals surface area contributed by atoms with Crippen LogP contribution in [0, 0.1) is 0 Å². The molecule has 2 amide bonds. The fraction of sp³-hybridized carbons (Fsp3) is 0.333. The van der Waals surface area contributed by atoms with E-state index < -0.39 is 0 Å². The number of nitrogens with one attached hydrogen (secondary N) is 2. The summed E-state index contributed by atoms with van der Waals surface area (Å²) in [5.74, 6) is -0.130. The molecule has 2 rings (SSSR count). The first-order chi connectivity index (χ1) is 12.1. The van der Waals surface area contributed by atoms with Crippen molar-refractivity contribution in [1.29, 1.82) is 0 Å². The number of carbonyl (C=O) groups excluding carboxylic acids is 2. The van der Waals surface area contributed by atoms with Crippen molar-refractivity contribution in [2.24, 2.45) is 0 Å². The van der Waals surface area contributed by atoms with Gasteiger partial charge >= 0.3 is 0 Å². The van der Waals surface area contributed by atoms with Gasteiger partial charge in [-0.25, -0.2) is 0 Å². The van der Waals surface area contributed by atoms with Crippen LogP contribution in [0.3, 0.4) is 0 Å². The van der Waals surface area contributed by atoms with Crippen molar-refractivity contribution >= 4 is 11.8 Å². The molecular formula is C21H26N2O2. The first-order valence-electron chi connectivity index (χ1n) is 8.77. The zero-order chi connectivity index (χ0) is 18.1. The van der Waals surface area contributed by atoms with E-state index in [-0.39, 0.29) is 24.3 Å². The summed E-state index contributed by atoms with van der Waals surface area (Å²) in [6.07, 6.45) is 1.62. The van der Waals surface area contributed by atoms with Gasteiger partial charge in [-0.1, -0.05) is 61.5 Å². The van der Waals surface area contributed by atoms with Crippen molar-refractivity contribution in [3.8, 4) is 0 Å². The molecule has 0 aliphatic carbocycles. The van der Waals surface area contributed by atoms with Gasteiger partial charge in [-0.3, -0.25) is 9.59 Å². The van der Waals surface area contributed by atoms with Gasteiger partial charge in [0, 0.05) is 13.0 Å². The van der Waals surface area contributed by atoms with E-state index in [9.17, 15) is 9.59 Å². The van der Waals surface area contributed by atoms with Crippen molar-refractivity contribution in [2.45, 2.75) is 39.2 Å². The number of amides is 2. The molecule has 2 aromatic carbocycles. The molecule has 0 aromatic heterocycles. The molecule has 0 saturated carbocycles. The van der Waals surface area contributed by atoms with Crippen LogP contribution in [-0.2, 0) is 22.4 Å². The predicted molar refractivity (Wildman–Crippen MR) is 100 cm³/mol. The lowest BCUT2D eigenvalue weighted by Gasteiger charge is -2.15. The summed E-state index contributed by atoms with van der Waals surface area (Å²) < 4.78 is 0. The predicted octanol–water partition coefficient (Wildman–Crippen LogP) is 3.18. The Kier molecular flexibility index (Phi) is 7.20. The van der Waals surface area contributed by atoms with Crippen LogP contribution in [0.15, 0.2) is 54.6 Å². The van der Waals surface area contributed by atoms with Gasteiger partial charge in [-0.15, -0.1) is 0 Å². The van der Waals surface area contributed by atoms with Crippen LogP contribution in [0.2, 0.25) is 0 Å². The van der Waals surface area contributed by atoms with E-state index in [2.05, 4.69) is 29.7 Å². The first kappa shape index (κ1) is 18.7. The molecule has 0 saturated heterocycles. The third kappa shape index (κ3) is 6.42. The SMILES string of the molecule is CCc1ccc(C(C)NC(=O)CCNC(=O)Cc2ccccc2)cc1. The average Bonchev–Trinajstić information content (AvgIpc) is 2.62. The van der Waals surface area contributed by atoms with E-state index in [1.165, 1.54) is 5.56 Å². The Balaban J connectivity index is 1.70. The quantitative estimate of drug-likeness (QED) is 0.777. The molecule has 25 heavy (non-hydrogen) atoms. The fourth-order valence-electron chi connectivity index (χ4n) is 2.60. The molecule has 0 bridgehead atoms. The van der Waals surface area contributed by atoms with E-state index in [0.29, 0.717) is 13.0 Å². The smallest absolute Gasteiger partial charge is 0.224 e. The van der Waals surface area contributed by atoms with Gasteiger partial charge in [0.05, 0.1) is 12.5 Å². The van der Waals surface area contributed by atoms with Crippen LogP contribution < -0.4 is 10.6 Å². The molecule has 0 aliphatic heterocycles. The van der Waals surface area contributed by atoms with Crippen LogP contribution >= 0.6 is 0 Å². The lowest BCUT2D eigenvalue weighted by Crippen LogP contribution is -2.32. The van der Waals surface area contributed by atoms with Crippen LogP contribution in [0.1, 0.15) is 43.0 Å². The maximum absolute atomic E-state index is 12.0. The first-order valence-corrected chi connectivity index (χ1v) is 8.77. The Bertz CT molecular complexity index is 681. The molecule has 1 atom stereocenters. The largest absolute Gasteiger partial charge is 0.355 e. The van der Waals surface area contributed by atoms with Gasteiger partial charge in [-0.2, -0.15) is 0 Å². The minimum Gasteiger partial charge on any atom is -0.355 e. The lowest BCUT2D eigenvalue weighted by atomic mass is 10.0. The molecule has 0 aliphatic rings. The highest BCUT2D eigenvalue weighted by molar-refractivity contribution is 5.80. The summed E-state index contributed by atoms with van der Waals surface area (Å²) in [5, 5.41) is 5.76. The molecule has 4 nitrogen and oxygen atoms in total. The molecule has 1 unspecified atom stereocenters. The van der Waals surface area contributed by atoms with Gasteiger partial charge < -0.3 is 10.6 Å². The molecule has 4 heteroatoms. The van der Waals surface area contributed by atoms with Gasteiger partial charge in [0.1, 0.15) is 0 Å². The van der Waals surface area contributed by atoms with Gasteiger partial charge in [0.25, 0.3) is 0 Å². The van der Waals surface area contributed by atoms with Crippen molar-refractivity contribution in [1.82, 2.24) is 10.6 Å². The molecule has 2 aromatic rings. The normalized spacial score (nSPS) is 11.6. The number of carbonyl (C=O) groups is 2.